The summed E-state index contributed by atoms with van der Waals surface area (Å²) in [6.45, 7) is 2.47. The van der Waals surface area contributed by atoms with Gasteiger partial charge in [0.05, 0.1) is 6.42 Å². The second-order valence-electron chi connectivity index (χ2n) is 3.56. The lowest BCUT2D eigenvalue weighted by atomic mass is 10.2. The average molecular weight is 223 g/mol. The maximum atomic E-state index is 10.5. The molecule has 5 heteroatoms. The van der Waals surface area contributed by atoms with Crippen LogP contribution in [0.25, 0.3) is 0 Å². The van der Waals surface area contributed by atoms with E-state index in [1.807, 2.05) is 17.0 Å². The van der Waals surface area contributed by atoms with Crippen molar-refractivity contribution in [3.63, 3.8) is 0 Å². The number of carboxylic acids is 1. The van der Waals surface area contributed by atoms with Gasteiger partial charge in [0.1, 0.15) is 0 Å². The molecule has 0 radical (unpaired) electrons. The molecule has 5 nitrogen and oxygen atoms in total. The molecule has 0 aliphatic carbocycles. The van der Waals surface area contributed by atoms with Gasteiger partial charge in [0.15, 0.2) is 0 Å². The zero-order valence-electron chi connectivity index (χ0n) is 9.17. The van der Waals surface area contributed by atoms with E-state index < -0.39 is 5.97 Å². The van der Waals surface area contributed by atoms with Gasteiger partial charge < -0.3 is 10.8 Å². The monoisotopic (exact) mass is 223 g/mol. The molecule has 88 valence electrons. The van der Waals surface area contributed by atoms with Crippen molar-refractivity contribution in [2.24, 2.45) is 5.73 Å². The molecule has 0 atom stereocenters. The van der Waals surface area contributed by atoms with E-state index in [1.54, 1.807) is 12.4 Å². The first kappa shape index (κ1) is 12.6. The normalized spacial score (nSPS) is 10.6. The lowest BCUT2D eigenvalue weighted by Crippen LogP contribution is -2.31. The first-order valence-corrected chi connectivity index (χ1v) is 5.25. The Morgan fingerprint density at radius 1 is 1.38 bits per heavy atom. The first-order chi connectivity index (χ1) is 7.72. The van der Waals surface area contributed by atoms with Gasteiger partial charge >= 0.3 is 5.97 Å². The van der Waals surface area contributed by atoms with E-state index in [9.17, 15) is 4.79 Å². The fourth-order valence-corrected chi connectivity index (χ4v) is 1.45. The standard InChI is InChI=1S/C11H17N3O2/c12-4-8-14(7-3-11(15)16)9-10-1-5-13-6-2-10/h1-2,5-6H,3-4,7-9,12H2,(H,15,16). The zero-order chi connectivity index (χ0) is 11.8. The molecular weight excluding hydrogens is 206 g/mol. The Kier molecular flexibility index (Phi) is 5.45. The van der Waals surface area contributed by atoms with Gasteiger partial charge in [0.25, 0.3) is 0 Å². The van der Waals surface area contributed by atoms with Crippen LogP contribution in [-0.4, -0.2) is 40.6 Å². The van der Waals surface area contributed by atoms with Crippen molar-refractivity contribution in [2.45, 2.75) is 13.0 Å². The summed E-state index contributed by atoms with van der Waals surface area (Å²) < 4.78 is 0. The van der Waals surface area contributed by atoms with Crippen molar-refractivity contribution in [1.29, 1.82) is 0 Å². The average Bonchev–Trinajstić information content (AvgIpc) is 2.27. The Labute approximate surface area is 94.9 Å². The molecule has 0 amide bonds. The molecule has 1 heterocycles. The minimum absolute atomic E-state index is 0.144. The summed E-state index contributed by atoms with van der Waals surface area (Å²) in [6, 6.07) is 3.84. The molecule has 0 aromatic carbocycles. The largest absolute Gasteiger partial charge is 0.481 e. The molecule has 0 aliphatic heterocycles. The van der Waals surface area contributed by atoms with Crippen molar-refractivity contribution in [3.05, 3.63) is 30.1 Å². The molecule has 1 aromatic heterocycles. The molecule has 0 fully saturated rings. The molecular formula is C11H17N3O2. The van der Waals surface area contributed by atoms with Crippen LogP contribution < -0.4 is 5.73 Å². The number of carboxylic acid groups (broad SMARTS) is 1. The van der Waals surface area contributed by atoms with E-state index >= 15 is 0 Å². The Morgan fingerprint density at radius 2 is 2.06 bits per heavy atom. The molecule has 3 N–H and O–H groups in total. The molecule has 1 rings (SSSR count). The van der Waals surface area contributed by atoms with E-state index in [-0.39, 0.29) is 6.42 Å². The van der Waals surface area contributed by atoms with Crippen LogP contribution in [0.4, 0.5) is 0 Å². The van der Waals surface area contributed by atoms with Crippen molar-refractivity contribution < 1.29 is 9.90 Å². The van der Waals surface area contributed by atoms with Crippen LogP contribution in [0, 0.1) is 0 Å². The number of aromatic nitrogens is 1. The lowest BCUT2D eigenvalue weighted by molar-refractivity contribution is -0.137. The van der Waals surface area contributed by atoms with E-state index in [0.717, 1.165) is 5.56 Å². The van der Waals surface area contributed by atoms with Gasteiger partial charge in [-0.25, -0.2) is 0 Å². The Hall–Kier alpha value is -1.46. The fourth-order valence-electron chi connectivity index (χ4n) is 1.45. The number of hydrogen-bond donors (Lipinski definition) is 2. The number of hydrogen-bond acceptors (Lipinski definition) is 4. The van der Waals surface area contributed by atoms with Gasteiger partial charge in [-0.3, -0.25) is 14.7 Å². The number of carbonyl (C=O) groups is 1. The maximum absolute atomic E-state index is 10.5. The second kappa shape index (κ2) is 6.92. The van der Waals surface area contributed by atoms with Crippen LogP contribution in [0.3, 0.4) is 0 Å². The summed E-state index contributed by atoms with van der Waals surface area (Å²) in [6.07, 6.45) is 3.60. The van der Waals surface area contributed by atoms with Gasteiger partial charge in [0.2, 0.25) is 0 Å². The third-order valence-corrected chi connectivity index (χ3v) is 2.24. The van der Waals surface area contributed by atoms with Crippen molar-refractivity contribution in [3.8, 4) is 0 Å². The predicted octanol–water partition coefficient (Wildman–Crippen LogP) is 0.317. The number of nitrogens with zero attached hydrogens (tertiary/aromatic N) is 2. The van der Waals surface area contributed by atoms with E-state index in [1.165, 1.54) is 0 Å². The van der Waals surface area contributed by atoms with Gasteiger partial charge in [-0.05, 0) is 17.7 Å². The SMILES string of the molecule is NCCN(CCC(=O)O)Cc1ccncc1. The molecule has 16 heavy (non-hydrogen) atoms. The Morgan fingerprint density at radius 3 is 2.62 bits per heavy atom. The van der Waals surface area contributed by atoms with Gasteiger partial charge in [-0.15, -0.1) is 0 Å². The van der Waals surface area contributed by atoms with Crippen LogP contribution in [0.15, 0.2) is 24.5 Å². The topological polar surface area (TPSA) is 79.5 Å². The zero-order valence-corrected chi connectivity index (χ0v) is 9.17. The van der Waals surface area contributed by atoms with E-state index in [0.29, 0.717) is 26.2 Å². The summed E-state index contributed by atoms with van der Waals surface area (Å²) in [4.78, 5) is 16.5. The van der Waals surface area contributed by atoms with E-state index in [4.69, 9.17) is 10.8 Å². The summed E-state index contributed by atoms with van der Waals surface area (Å²) in [5, 5.41) is 8.63. The molecule has 1 aromatic rings. The maximum Gasteiger partial charge on any atom is 0.304 e. The summed E-state index contributed by atoms with van der Waals surface area (Å²) in [5.74, 6) is -0.781. The highest BCUT2D eigenvalue weighted by Gasteiger charge is 2.07. The smallest absolute Gasteiger partial charge is 0.304 e. The predicted molar refractivity (Wildman–Crippen MR) is 60.8 cm³/mol. The lowest BCUT2D eigenvalue weighted by Gasteiger charge is -2.20. The van der Waals surface area contributed by atoms with Crippen LogP contribution >= 0.6 is 0 Å². The minimum atomic E-state index is -0.781. The number of rotatable bonds is 7. The van der Waals surface area contributed by atoms with Crippen molar-refractivity contribution in [2.75, 3.05) is 19.6 Å². The second-order valence-corrected chi connectivity index (χ2v) is 3.56. The molecule has 0 saturated carbocycles. The quantitative estimate of drug-likeness (QED) is 0.695. The van der Waals surface area contributed by atoms with Crippen LogP contribution in [0.5, 0.6) is 0 Å². The number of aliphatic carboxylic acids is 1. The Bertz CT molecular complexity index is 316. The Balaban J connectivity index is 2.47. The molecule has 0 unspecified atom stereocenters. The van der Waals surface area contributed by atoms with Gasteiger partial charge in [0, 0.05) is 38.6 Å². The minimum Gasteiger partial charge on any atom is -0.481 e. The highest BCUT2D eigenvalue weighted by molar-refractivity contribution is 5.66. The van der Waals surface area contributed by atoms with Crippen LogP contribution in [0.2, 0.25) is 0 Å². The highest BCUT2D eigenvalue weighted by Crippen LogP contribution is 2.03. The van der Waals surface area contributed by atoms with Crippen molar-refractivity contribution >= 4 is 5.97 Å². The fraction of sp³-hybridized carbons (Fsp3) is 0.455. The van der Waals surface area contributed by atoms with Crippen molar-refractivity contribution in [1.82, 2.24) is 9.88 Å². The summed E-state index contributed by atoms with van der Waals surface area (Å²) >= 11 is 0. The molecule has 0 aliphatic rings. The first-order valence-electron chi connectivity index (χ1n) is 5.25. The number of pyridine rings is 1. The number of nitrogens with two attached hydrogens (primary N) is 1. The highest BCUT2D eigenvalue weighted by atomic mass is 16.4. The summed E-state index contributed by atoms with van der Waals surface area (Å²) in [5.41, 5.74) is 6.61. The van der Waals surface area contributed by atoms with Gasteiger partial charge in [-0.2, -0.15) is 0 Å². The van der Waals surface area contributed by atoms with Gasteiger partial charge in [-0.1, -0.05) is 0 Å². The third-order valence-electron chi connectivity index (χ3n) is 2.24. The van der Waals surface area contributed by atoms with Crippen LogP contribution in [0.1, 0.15) is 12.0 Å². The molecule has 0 bridgehead atoms. The molecule has 0 spiro atoms. The summed E-state index contributed by atoms with van der Waals surface area (Å²) in [7, 11) is 0. The van der Waals surface area contributed by atoms with E-state index in [2.05, 4.69) is 4.98 Å². The molecule has 0 saturated heterocycles. The third kappa shape index (κ3) is 4.86. The van der Waals surface area contributed by atoms with Crippen LogP contribution in [-0.2, 0) is 11.3 Å².